The lowest BCUT2D eigenvalue weighted by molar-refractivity contribution is -0.587. The Kier molecular flexibility index (Phi) is 4.93. The van der Waals surface area contributed by atoms with E-state index in [-0.39, 0.29) is 0 Å². The van der Waals surface area contributed by atoms with Crippen molar-refractivity contribution in [2.75, 3.05) is 0 Å². The van der Waals surface area contributed by atoms with E-state index in [2.05, 4.69) is 92.7 Å². The maximum atomic E-state index is 2.65. The second-order valence-corrected chi connectivity index (χ2v) is 7.60. The van der Waals surface area contributed by atoms with Gasteiger partial charge in [0.15, 0.2) is 6.04 Å². The van der Waals surface area contributed by atoms with E-state index in [0.29, 0.717) is 24.0 Å². The Labute approximate surface area is 147 Å². The molecule has 2 atom stereocenters. The SMILES string of the molecule is CC(C)C1=[N+](C(C)C)[C@H](C)[C@H](c2ccccc2)N1C1=CC=CCC1. The minimum Gasteiger partial charge on any atom is -0.256 e. The van der Waals surface area contributed by atoms with Crippen LogP contribution in [0.2, 0.25) is 0 Å². The minimum atomic E-state index is 0.392. The first-order valence-electron chi connectivity index (χ1n) is 9.37. The molecular weight excluding hydrogens is 292 g/mol. The molecule has 1 aliphatic carbocycles. The summed E-state index contributed by atoms with van der Waals surface area (Å²) in [5.74, 6) is 1.99. The Morgan fingerprint density at radius 2 is 1.79 bits per heavy atom. The summed E-state index contributed by atoms with van der Waals surface area (Å²) in [7, 11) is 0. The van der Waals surface area contributed by atoms with Crippen molar-refractivity contribution in [3.8, 4) is 0 Å². The standard InChI is InChI=1S/C22H31N2/c1-16(2)22-23(17(3)4)18(5)21(19-12-8-6-9-13-19)24(22)20-14-10-7-11-15-20/h6-10,12-14,16-18,21H,11,15H2,1-5H3/q+1/t18-,21-/m1/s1. The average Bonchev–Trinajstić information content (AvgIpc) is 2.90. The first kappa shape index (κ1) is 17.0. The van der Waals surface area contributed by atoms with E-state index in [1.54, 1.807) is 0 Å². The van der Waals surface area contributed by atoms with Crippen LogP contribution in [0.15, 0.2) is 54.3 Å². The van der Waals surface area contributed by atoms with Gasteiger partial charge in [0.2, 0.25) is 0 Å². The molecule has 0 saturated heterocycles. The van der Waals surface area contributed by atoms with Crippen molar-refractivity contribution in [1.82, 2.24) is 4.90 Å². The summed E-state index contributed by atoms with van der Waals surface area (Å²) in [5.41, 5.74) is 2.88. The Morgan fingerprint density at radius 1 is 1.08 bits per heavy atom. The van der Waals surface area contributed by atoms with Gasteiger partial charge in [0.05, 0.1) is 12.0 Å². The molecule has 0 aromatic heterocycles. The molecule has 0 amide bonds. The summed E-state index contributed by atoms with van der Waals surface area (Å²) in [6.07, 6.45) is 9.09. The summed E-state index contributed by atoms with van der Waals surface area (Å²) in [5, 5.41) is 0. The van der Waals surface area contributed by atoms with Crippen LogP contribution in [-0.4, -0.2) is 27.4 Å². The topological polar surface area (TPSA) is 6.25 Å². The third-order valence-corrected chi connectivity index (χ3v) is 5.20. The number of benzene rings is 1. The molecular formula is C22H31N2+. The molecule has 1 aromatic carbocycles. The third-order valence-electron chi connectivity index (χ3n) is 5.20. The highest BCUT2D eigenvalue weighted by Crippen LogP contribution is 2.39. The maximum absolute atomic E-state index is 2.65. The molecule has 1 aliphatic heterocycles. The van der Waals surface area contributed by atoms with Gasteiger partial charge in [0.1, 0.15) is 11.7 Å². The van der Waals surface area contributed by atoms with Crippen LogP contribution >= 0.6 is 0 Å². The fourth-order valence-corrected chi connectivity index (χ4v) is 4.35. The number of hydrogen-bond acceptors (Lipinski definition) is 1. The monoisotopic (exact) mass is 323 g/mol. The molecule has 0 bridgehead atoms. The van der Waals surface area contributed by atoms with Crippen molar-refractivity contribution in [3.63, 3.8) is 0 Å². The molecule has 2 heteroatoms. The molecule has 2 nitrogen and oxygen atoms in total. The molecule has 2 aliphatic rings. The predicted octanol–water partition coefficient (Wildman–Crippen LogP) is 5.14. The van der Waals surface area contributed by atoms with Crippen molar-refractivity contribution < 1.29 is 4.58 Å². The fourth-order valence-electron chi connectivity index (χ4n) is 4.35. The van der Waals surface area contributed by atoms with Gasteiger partial charge in [-0.25, -0.2) is 4.90 Å². The molecule has 0 N–H and O–H groups in total. The lowest BCUT2D eigenvalue weighted by Crippen LogP contribution is -2.36. The van der Waals surface area contributed by atoms with Crippen LogP contribution in [0.3, 0.4) is 0 Å². The van der Waals surface area contributed by atoms with E-state index >= 15 is 0 Å². The second kappa shape index (κ2) is 6.96. The van der Waals surface area contributed by atoms with Crippen LogP contribution in [0.1, 0.15) is 59.1 Å². The van der Waals surface area contributed by atoms with Gasteiger partial charge >= 0.3 is 0 Å². The molecule has 24 heavy (non-hydrogen) atoms. The molecule has 0 saturated carbocycles. The maximum Gasteiger partial charge on any atom is 0.255 e. The van der Waals surface area contributed by atoms with Gasteiger partial charge in [-0.2, -0.15) is 0 Å². The Balaban J connectivity index is 2.15. The largest absolute Gasteiger partial charge is 0.256 e. The van der Waals surface area contributed by atoms with E-state index < -0.39 is 0 Å². The van der Waals surface area contributed by atoms with Crippen LogP contribution in [0.25, 0.3) is 0 Å². The second-order valence-electron chi connectivity index (χ2n) is 7.60. The molecule has 1 aromatic rings. The molecule has 1 heterocycles. The number of hydrogen-bond donors (Lipinski definition) is 0. The average molecular weight is 324 g/mol. The highest BCUT2D eigenvalue weighted by Gasteiger charge is 2.49. The van der Waals surface area contributed by atoms with E-state index in [1.165, 1.54) is 17.1 Å². The van der Waals surface area contributed by atoms with Gasteiger partial charge < -0.3 is 0 Å². The zero-order valence-electron chi connectivity index (χ0n) is 15.7. The Hall–Kier alpha value is -1.83. The molecule has 0 spiro atoms. The van der Waals surface area contributed by atoms with Crippen molar-refractivity contribution in [1.29, 1.82) is 0 Å². The van der Waals surface area contributed by atoms with Gasteiger partial charge in [-0.15, -0.1) is 0 Å². The summed E-state index contributed by atoms with van der Waals surface area (Å²) in [4.78, 5) is 2.65. The molecule has 3 rings (SSSR count). The lowest BCUT2D eigenvalue weighted by atomic mass is 9.97. The predicted molar refractivity (Wildman–Crippen MR) is 102 cm³/mol. The van der Waals surface area contributed by atoms with Crippen LogP contribution in [0, 0.1) is 5.92 Å². The van der Waals surface area contributed by atoms with Crippen LogP contribution < -0.4 is 0 Å². The fraction of sp³-hybridized carbons (Fsp3) is 0.500. The Bertz CT molecular complexity index is 664. The van der Waals surface area contributed by atoms with Crippen molar-refractivity contribution >= 4 is 5.84 Å². The Morgan fingerprint density at radius 3 is 2.33 bits per heavy atom. The van der Waals surface area contributed by atoms with Gasteiger partial charge in [0, 0.05) is 12.0 Å². The highest BCUT2D eigenvalue weighted by molar-refractivity contribution is 5.83. The zero-order chi connectivity index (χ0) is 17.3. The highest BCUT2D eigenvalue weighted by atomic mass is 15.4. The number of amidine groups is 1. The van der Waals surface area contributed by atoms with Gasteiger partial charge in [-0.3, -0.25) is 4.58 Å². The number of rotatable bonds is 4. The van der Waals surface area contributed by atoms with Gasteiger partial charge in [-0.05, 0) is 33.3 Å². The summed E-state index contributed by atoms with van der Waals surface area (Å²) >= 11 is 0. The van der Waals surface area contributed by atoms with Crippen LogP contribution in [0.4, 0.5) is 0 Å². The van der Waals surface area contributed by atoms with Crippen molar-refractivity contribution in [2.45, 2.75) is 65.6 Å². The number of nitrogens with zero attached hydrogens (tertiary/aromatic N) is 2. The lowest BCUT2D eigenvalue weighted by Gasteiger charge is -2.26. The van der Waals surface area contributed by atoms with E-state index in [9.17, 15) is 0 Å². The van der Waals surface area contributed by atoms with E-state index in [1.807, 2.05) is 0 Å². The van der Waals surface area contributed by atoms with Crippen LogP contribution in [0.5, 0.6) is 0 Å². The van der Waals surface area contributed by atoms with E-state index in [0.717, 1.165) is 12.8 Å². The quantitative estimate of drug-likeness (QED) is 0.695. The van der Waals surface area contributed by atoms with Crippen molar-refractivity contribution in [3.05, 3.63) is 59.8 Å². The summed E-state index contributed by atoms with van der Waals surface area (Å²) in [6.45, 7) is 11.7. The normalized spacial score (nSPS) is 24.3. The first-order chi connectivity index (χ1) is 11.5. The smallest absolute Gasteiger partial charge is 0.255 e. The van der Waals surface area contributed by atoms with Gasteiger partial charge in [-0.1, -0.05) is 56.3 Å². The summed E-state index contributed by atoms with van der Waals surface area (Å²) in [6, 6.07) is 12.4. The molecule has 128 valence electrons. The zero-order valence-corrected chi connectivity index (χ0v) is 15.7. The molecule has 0 radical (unpaired) electrons. The first-order valence-corrected chi connectivity index (χ1v) is 9.37. The third kappa shape index (κ3) is 2.94. The number of allylic oxidation sites excluding steroid dienone is 4. The van der Waals surface area contributed by atoms with Crippen molar-refractivity contribution in [2.24, 2.45) is 5.92 Å². The van der Waals surface area contributed by atoms with Crippen LogP contribution in [-0.2, 0) is 0 Å². The molecule has 0 unspecified atom stereocenters. The minimum absolute atomic E-state index is 0.392. The summed E-state index contributed by atoms with van der Waals surface area (Å²) < 4.78 is 2.64. The molecule has 0 fully saturated rings. The van der Waals surface area contributed by atoms with Gasteiger partial charge in [0.25, 0.3) is 5.84 Å². The van der Waals surface area contributed by atoms with E-state index in [4.69, 9.17) is 0 Å².